The Hall–Kier alpha value is -3.63. The maximum Gasteiger partial charge on any atom is 0.446 e. The fraction of sp³-hybridized carbons (Fsp3) is 0.0417. The number of nitrogens with zero attached hydrogens (tertiary/aromatic N) is 1. The van der Waals surface area contributed by atoms with E-state index in [2.05, 4.69) is 5.32 Å². The van der Waals surface area contributed by atoms with Gasteiger partial charge < -0.3 is 4.74 Å². The van der Waals surface area contributed by atoms with Gasteiger partial charge >= 0.3 is 5.51 Å². The number of anilines is 1. The van der Waals surface area contributed by atoms with Gasteiger partial charge in [-0.2, -0.15) is 13.2 Å². The number of para-hydroxylation sites is 1. The van der Waals surface area contributed by atoms with Crippen LogP contribution in [0.3, 0.4) is 0 Å². The van der Waals surface area contributed by atoms with E-state index in [9.17, 15) is 22.8 Å². The van der Waals surface area contributed by atoms with E-state index in [1.165, 1.54) is 24.3 Å². The van der Waals surface area contributed by atoms with E-state index < -0.39 is 17.3 Å². The van der Waals surface area contributed by atoms with Crippen molar-refractivity contribution in [1.29, 1.82) is 0 Å². The second kappa shape index (κ2) is 9.70. The molecule has 1 heterocycles. The first kappa shape index (κ1) is 23.5. The minimum atomic E-state index is -4.52. The first-order chi connectivity index (χ1) is 16.2. The van der Waals surface area contributed by atoms with Crippen LogP contribution in [0.2, 0.25) is 0 Å². The first-order valence-corrected chi connectivity index (χ1v) is 11.0. The van der Waals surface area contributed by atoms with E-state index >= 15 is 0 Å². The van der Waals surface area contributed by atoms with Crippen LogP contribution in [0.5, 0.6) is 11.5 Å². The molecule has 1 N–H and O–H groups in total. The van der Waals surface area contributed by atoms with E-state index in [-0.39, 0.29) is 32.9 Å². The number of nitrogens with one attached hydrogen (secondary N) is 1. The zero-order valence-corrected chi connectivity index (χ0v) is 18.8. The van der Waals surface area contributed by atoms with Crippen molar-refractivity contribution in [2.75, 3.05) is 4.90 Å². The maximum absolute atomic E-state index is 13.2. The molecular formula is C24H15F3N2O3S2. The summed E-state index contributed by atoms with van der Waals surface area (Å²) >= 11 is 4.86. The third-order valence-electron chi connectivity index (χ3n) is 4.62. The van der Waals surface area contributed by atoms with Crippen LogP contribution in [-0.2, 0) is 9.59 Å². The lowest BCUT2D eigenvalue weighted by Crippen LogP contribution is -2.54. The lowest BCUT2D eigenvalue weighted by molar-refractivity contribution is -0.122. The van der Waals surface area contributed by atoms with E-state index in [1.54, 1.807) is 36.4 Å². The molecule has 0 atom stereocenters. The molecule has 0 radical (unpaired) electrons. The highest BCUT2D eigenvalue weighted by atomic mass is 32.2. The number of amides is 2. The molecule has 0 aliphatic carbocycles. The Labute approximate surface area is 202 Å². The number of alkyl halides is 3. The topological polar surface area (TPSA) is 58.6 Å². The quantitative estimate of drug-likeness (QED) is 0.204. The Morgan fingerprint density at radius 3 is 2.18 bits per heavy atom. The number of halogens is 3. The van der Waals surface area contributed by atoms with Gasteiger partial charge in [-0.3, -0.25) is 19.8 Å². The molecule has 0 aromatic heterocycles. The van der Waals surface area contributed by atoms with Crippen LogP contribution in [0.25, 0.3) is 6.08 Å². The van der Waals surface area contributed by atoms with Crippen molar-refractivity contribution in [3.8, 4) is 11.5 Å². The lowest BCUT2D eigenvalue weighted by Gasteiger charge is -2.29. The van der Waals surface area contributed by atoms with Crippen molar-refractivity contribution in [1.82, 2.24) is 5.32 Å². The summed E-state index contributed by atoms with van der Waals surface area (Å²) in [6.45, 7) is 0. The number of ether oxygens (including phenoxy) is 1. The minimum absolute atomic E-state index is 0.0858. The van der Waals surface area contributed by atoms with Crippen molar-refractivity contribution in [3.63, 3.8) is 0 Å². The molecule has 0 unspecified atom stereocenters. The van der Waals surface area contributed by atoms with E-state index in [1.807, 2.05) is 18.2 Å². The molecule has 10 heteroatoms. The molecule has 5 nitrogen and oxygen atoms in total. The summed E-state index contributed by atoms with van der Waals surface area (Å²) in [7, 11) is 0. The summed E-state index contributed by atoms with van der Waals surface area (Å²) in [5.74, 6) is -0.393. The summed E-state index contributed by atoms with van der Waals surface area (Å²) in [5, 5.41) is 2.28. The number of carbonyl (C=O) groups excluding carboxylic acids is 2. The van der Waals surface area contributed by atoms with Gasteiger partial charge in [-0.15, -0.1) is 0 Å². The first-order valence-electron chi connectivity index (χ1n) is 9.80. The zero-order valence-electron chi connectivity index (χ0n) is 17.2. The molecule has 1 aliphatic rings. The van der Waals surface area contributed by atoms with Gasteiger partial charge in [-0.1, -0.05) is 36.4 Å². The minimum Gasteiger partial charge on any atom is -0.457 e. The SMILES string of the molecule is O=C1NC(=S)N(c2ccc(Oc3ccccc3)cc2)C(=O)/C1=C\c1ccccc1SC(F)(F)F. The lowest BCUT2D eigenvalue weighted by atomic mass is 10.1. The molecular weight excluding hydrogens is 485 g/mol. The van der Waals surface area contributed by atoms with Gasteiger partial charge in [0.1, 0.15) is 17.1 Å². The molecule has 1 saturated heterocycles. The highest BCUT2D eigenvalue weighted by Crippen LogP contribution is 2.39. The average Bonchev–Trinajstić information content (AvgIpc) is 2.78. The van der Waals surface area contributed by atoms with Gasteiger partial charge in [-0.25, -0.2) is 0 Å². The molecule has 1 fully saturated rings. The van der Waals surface area contributed by atoms with Crippen molar-refractivity contribution in [2.24, 2.45) is 0 Å². The van der Waals surface area contributed by atoms with Gasteiger partial charge in [0.15, 0.2) is 5.11 Å². The number of carbonyl (C=O) groups is 2. The van der Waals surface area contributed by atoms with Crippen LogP contribution in [0.1, 0.15) is 5.56 Å². The summed E-state index contributed by atoms with van der Waals surface area (Å²) < 4.78 is 44.5. The molecule has 3 aromatic carbocycles. The number of rotatable bonds is 5. The summed E-state index contributed by atoms with van der Waals surface area (Å²) in [6.07, 6.45) is 1.13. The molecule has 1 aliphatic heterocycles. The van der Waals surface area contributed by atoms with Crippen LogP contribution >= 0.6 is 24.0 Å². The predicted octanol–water partition coefficient (Wildman–Crippen LogP) is 5.92. The number of thioether (sulfide) groups is 1. The molecule has 172 valence electrons. The summed E-state index contributed by atoms with van der Waals surface area (Å²) in [5.41, 5.74) is -4.42. The molecule has 2 amide bonds. The summed E-state index contributed by atoms with van der Waals surface area (Å²) in [6, 6.07) is 21.2. The Kier molecular flexibility index (Phi) is 6.71. The highest BCUT2D eigenvalue weighted by Gasteiger charge is 2.35. The van der Waals surface area contributed by atoms with Crippen LogP contribution in [0.15, 0.2) is 89.3 Å². The third kappa shape index (κ3) is 5.46. The van der Waals surface area contributed by atoms with Crippen LogP contribution in [-0.4, -0.2) is 22.4 Å². The fourth-order valence-electron chi connectivity index (χ4n) is 3.15. The molecule has 34 heavy (non-hydrogen) atoms. The Morgan fingerprint density at radius 1 is 0.882 bits per heavy atom. The molecule has 0 saturated carbocycles. The van der Waals surface area contributed by atoms with Crippen molar-refractivity contribution >= 4 is 52.7 Å². The smallest absolute Gasteiger partial charge is 0.446 e. The van der Waals surface area contributed by atoms with Gasteiger partial charge in [0.05, 0.1) is 5.69 Å². The van der Waals surface area contributed by atoms with Gasteiger partial charge in [-0.05, 0) is 78.1 Å². The Bertz CT molecular complexity index is 1280. The van der Waals surface area contributed by atoms with Crippen LogP contribution < -0.4 is 15.0 Å². The predicted molar refractivity (Wildman–Crippen MR) is 128 cm³/mol. The standard InChI is InChI=1S/C24H15F3N2O3S2/c25-24(26,27)34-20-9-5-4-6-15(20)14-19-21(30)28-23(33)29(22(19)31)16-10-12-18(13-11-16)32-17-7-2-1-3-8-17/h1-14H,(H,28,30,33)/b19-14-. The van der Waals surface area contributed by atoms with Crippen molar-refractivity contribution in [2.45, 2.75) is 10.4 Å². The zero-order chi connectivity index (χ0) is 24.3. The van der Waals surface area contributed by atoms with Crippen LogP contribution in [0, 0.1) is 0 Å². The molecule has 0 bridgehead atoms. The second-order valence-electron chi connectivity index (χ2n) is 6.95. The molecule has 4 rings (SSSR count). The Balaban J connectivity index is 1.62. The normalized spacial score (nSPS) is 15.4. The third-order valence-corrected chi connectivity index (χ3v) is 5.73. The van der Waals surface area contributed by atoms with Gasteiger partial charge in [0.25, 0.3) is 11.8 Å². The number of hydrogen-bond donors (Lipinski definition) is 1. The van der Waals surface area contributed by atoms with E-state index in [0.717, 1.165) is 11.0 Å². The van der Waals surface area contributed by atoms with Gasteiger partial charge in [0, 0.05) is 4.90 Å². The Morgan fingerprint density at radius 2 is 1.50 bits per heavy atom. The number of benzene rings is 3. The largest absolute Gasteiger partial charge is 0.457 e. The number of hydrogen-bond acceptors (Lipinski definition) is 5. The van der Waals surface area contributed by atoms with E-state index in [0.29, 0.717) is 17.2 Å². The van der Waals surface area contributed by atoms with Crippen LogP contribution in [0.4, 0.5) is 18.9 Å². The molecule has 3 aromatic rings. The highest BCUT2D eigenvalue weighted by molar-refractivity contribution is 8.00. The van der Waals surface area contributed by atoms with Crippen molar-refractivity contribution < 1.29 is 27.5 Å². The second-order valence-corrected chi connectivity index (χ2v) is 8.45. The monoisotopic (exact) mass is 500 g/mol. The van der Waals surface area contributed by atoms with Gasteiger partial charge in [0.2, 0.25) is 0 Å². The maximum atomic E-state index is 13.2. The molecule has 0 spiro atoms. The van der Waals surface area contributed by atoms with E-state index in [4.69, 9.17) is 17.0 Å². The number of thiocarbonyl (C=S) groups is 1. The average molecular weight is 501 g/mol. The fourth-order valence-corrected chi connectivity index (χ4v) is 4.07. The van der Waals surface area contributed by atoms with Crippen molar-refractivity contribution in [3.05, 3.63) is 90.0 Å². The summed E-state index contributed by atoms with van der Waals surface area (Å²) in [4.78, 5) is 26.6.